The van der Waals surface area contributed by atoms with Crippen LogP contribution in [0, 0.1) is 5.92 Å². The van der Waals surface area contributed by atoms with Gasteiger partial charge in [0.15, 0.2) is 5.92 Å². The van der Waals surface area contributed by atoms with Crippen molar-refractivity contribution in [2.24, 2.45) is 5.92 Å². The van der Waals surface area contributed by atoms with Gasteiger partial charge in [-0.2, -0.15) is 0 Å². The van der Waals surface area contributed by atoms with Crippen molar-refractivity contribution in [2.45, 2.75) is 71.1 Å². The molecule has 0 fully saturated rings. The van der Waals surface area contributed by atoms with Crippen LogP contribution in [0.1, 0.15) is 74.0 Å². The zero-order valence-corrected chi connectivity index (χ0v) is 18.6. The van der Waals surface area contributed by atoms with Gasteiger partial charge in [0.25, 0.3) is 0 Å². The van der Waals surface area contributed by atoms with Crippen LogP contribution in [-0.4, -0.2) is 22.2 Å². The zero-order valence-electron chi connectivity index (χ0n) is 16.6. The third kappa shape index (κ3) is 15.6. The topological polar surface area (TPSA) is 74.6 Å². The molecular weight excluding hydrogens is 302 g/mol. The van der Waals surface area contributed by atoms with Crippen LogP contribution in [-0.2, 0) is 9.59 Å². The van der Waals surface area contributed by atoms with Crippen molar-refractivity contribution in [2.75, 3.05) is 0 Å². The van der Waals surface area contributed by atoms with Crippen molar-refractivity contribution in [1.82, 2.24) is 0 Å². The summed E-state index contributed by atoms with van der Waals surface area (Å²) in [5, 5.41) is 17.6. The van der Waals surface area contributed by atoms with Gasteiger partial charge >= 0.3 is 71.1 Å². The van der Waals surface area contributed by atoms with E-state index in [2.05, 4.69) is 13.5 Å². The summed E-state index contributed by atoms with van der Waals surface area (Å²) in [5.74, 6) is -3.92. The Kier molecular flexibility index (Phi) is 22.6. The van der Waals surface area contributed by atoms with E-state index in [9.17, 15) is 9.59 Å². The Morgan fingerprint density at radius 1 is 0.909 bits per heavy atom. The predicted molar refractivity (Wildman–Crippen MR) is 82.0 cm³/mol. The molecule has 2 N–H and O–H groups in total. The van der Waals surface area contributed by atoms with E-state index in [0.717, 1.165) is 24.8 Å². The first-order chi connectivity index (χ1) is 9.49. The molecule has 0 saturated carbocycles. The van der Waals surface area contributed by atoms with Crippen LogP contribution in [0.15, 0.2) is 12.2 Å². The number of allylic oxidation sites excluding steroid dienone is 1. The number of hydrogen-bond donors (Lipinski definition) is 2. The first-order valence-electron chi connectivity index (χ1n) is 7.61. The van der Waals surface area contributed by atoms with Crippen LogP contribution in [0.25, 0.3) is 0 Å². The average molecular weight is 332 g/mol. The molecule has 0 radical (unpaired) electrons. The molecule has 0 aromatic carbocycles. The maximum atomic E-state index is 10.8. The molecule has 0 spiro atoms. The molecule has 0 bridgehead atoms. The Hall–Kier alpha value is 0.680. The van der Waals surface area contributed by atoms with Crippen LogP contribution in [0.5, 0.6) is 0 Å². The summed E-state index contributed by atoms with van der Waals surface area (Å²) in [7, 11) is 0. The monoisotopic (exact) mass is 332 g/mol. The van der Waals surface area contributed by atoms with E-state index in [0.29, 0.717) is 0 Å². The SMILES string of the molecule is C=C(CCCCCCCCCC)CC(C(=O)O)C(=O)O.[H-].[H-].[Na+].[Na+]. The number of carboxylic acid groups (broad SMARTS) is 2. The second kappa shape index (κ2) is 18.0. The van der Waals surface area contributed by atoms with Gasteiger partial charge in [-0.3, -0.25) is 9.59 Å². The molecule has 22 heavy (non-hydrogen) atoms. The van der Waals surface area contributed by atoms with Gasteiger partial charge in [0.2, 0.25) is 0 Å². The molecule has 4 nitrogen and oxygen atoms in total. The zero-order chi connectivity index (χ0) is 15.4. The summed E-state index contributed by atoms with van der Waals surface area (Å²) < 4.78 is 0. The Balaban J connectivity index is -0.000000301. The fraction of sp³-hybridized carbons (Fsp3) is 0.750. The molecule has 6 heteroatoms. The van der Waals surface area contributed by atoms with Gasteiger partial charge in [0.05, 0.1) is 0 Å². The van der Waals surface area contributed by atoms with Gasteiger partial charge in [0.1, 0.15) is 0 Å². The smallest absolute Gasteiger partial charge is 1.00 e. The Morgan fingerprint density at radius 3 is 1.73 bits per heavy atom. The molecule has 0 unspecified atom stereocenters. The number of aliphatic carboxylic acids is 2. The van der Waals surface area contributed by atoms with E-state index >= 15 is 0 Å². The summed E-state index contributed by atoms with van der Waals surface area (Å²) in [4.78, 5) is 21.5. The molecule has 0 aromatic heterocycles. The van der Waals surface area contributed by atoms with Crippen molar-refractivity contribution in [3.05, 3.63) is 12.2 Å². The molecule has 0 amide bonds. The van der Waals surface area contributed by atoms with Crippen molar-refractivity contribution in [3.8, 4) is 0 Å². The molecular formula is C16H30Na2O4. The van der Waals surface area contributed by atoms with E-state index in [1.807, 2.05) is 0 Å². The van der Waals surface area contributed by atoms with Crippen LogP contribution < -0.4 is 59.1 Å². The quantitative estimate of drug-likeness (QED) is 0.186. The van der Waals surface area contributed by atoms with E-state index < -0.39 is 17.9 Å². The predicted octanol–water partition coefficient (Wildman–Crippen LogP) is -1.52. The number of carbonyl (C=O) groups is 2. The van der Waals surface area contributed by atoms with Crippen molar-refractivity contribution in [3.63, 3.8) is 0 Å². The van der Waals surface area contributed by atoms with Crippen LogP contribution >= 0.6 is 0 Å². The van der Waals surface area contributed by atoms with Gasteiger partial charge in [-0.05, 0) is 19.3 Å². The largest absolute Gasteiger partial charge is 1.00 e. The molecule has 0 atom stereocenters. The van der Waals surface area contributed by atoms with Crippen molar-refractivity contribution < 1.29 is 81.8 Å². The minimum Gasteiger partial charge on any atom is -1.00 e. The van der Waals surface area contributed by atoms with Gasteiger partial charge in [-0.15, -0.1) is 0 Å². The fourth-order valence-corrected chi connectivity index (χ4v) is 2.18. The molecule has 0 rings (SSSR count). The van der Waals surface area contributed by atoms with Crippen molar-refractivity contribution in [1.29, 1.82) is 0 Å². The number of carboxylic acids is 2. The molecule has 0 saturated heterocycles. The second-order valence-corrected chi connectivity index (χ2v) is 5.41. The summed E-state index contributed by atoms with van der Waals surface area (Å²) in [6, 6.07) is 0. The Bertz CT molecular complexity index is 315. The summed E-state index contributed by atoms with van der Waals surface area (Å²) >= 11 is 0. The Labute approximate surface area is 181 Å². The molecule has 0 aromatic rings. The normalized spacial score (nSPS) is 9.73. The van der Waals surface area contributed by atoms with E-state index in [1.54, 1.807) is 0 Å². The fourth-order valence-electron chi connectivity index (χ4n) is 2.18. The number of rotatable bonds is 13. The first-order valence-corrected chi connectivity index (χ1v) is 7.61. The molecule has 0 aliphatic heterocycles. The van der Waals surface area contributed by atoms with E-state index in [-0.39, 0.29) is 68.4 Å². The maximum Gasteiger partial charge on any atom is 1.00 e. The summed E-state index contributed by atoms with van der Waals surface area (Å²) in [5.41, 5.74) is 0.728. The Morgan fingerprint density at radius 2 is 1.32 bits per heavy atom. The molecule has 0 aliphatic rings. The minimum atomic E-state index is -1.35. The van der Waals surface area contributed by atoms with E-state index in [1.165, 1.54) is 38.5 Å². The molecule has 0 aliphatic carbocycles. The van der Waals surface area contributed by atoms with Crippen LogP contribution in [0.2, 0.25) is 0 Å². The van der Waals surface area contributed by atoms with Gasteiger partial charge in [-0.1, -0.05) is 64.0 Å². The minimum absolute atomic E-state index is 0. The third-order valence-corrected chi connectivity index (χ3v) is 3.47. The maximum absolute atomic E-state index is 10.8. The summed E-state index contributed by atoms with van der Waals surface area (Å²) in [6.45, 7) is 5.99. The van der Waals surface area contributed by atoms with Crippen LogP contribution in [0.3, 0.4) is 0 Å². The van der Waals surface area contributed by atoms with Crippen LogP contribution in [0.4, 0.5) is 0 Å². The van der Waals surface area contributed by atoms with Gasteiger partial charge < -0.3 is 13.1 Å². The first kappa shape index (κ1) is 27.5. The third-order valence-electron chi connectivity index (χ3n) is 3.47. The second-order valence-electron chi connectivity index (χ2n) is 5.41. The van der Waals surface area contributed by atoms with E-state index in [4.69, 9.17) is 10.2 Å². The number of unbranched alkanes of at least 4 members (excludes halogenated alkanes) is 7. The summed E-state index contributed by atoms with van der Waals surface area (Å²) in [6.07, 6.45) is 10.5. The standard InChI is InChI=1S/C16H28O4.2Na.2H/c1-3-4-5-6-7-8-9-10-11-13(2)12-14(15(17)18)16(19)20;;;;/h14H,2-12H2,1H3,(H,17,18)(H,19,20);;;;/q;2*+1;2*-1. The average Bonchev–Trinajstić information content (AvgIpc) is 2.38. The molecule has 120 valence electrons. The van der Waals surface area contributed by atoms with Gasteiger partial charge in [0, 0.05) is 0 Å². The van der Waals surface area contributed by atoms with Crippen molar-refractivity contribution >= 4 is 11.9 Å². The van der Waals surface area contributed by atoms with Gasteiger partial charge in [-0.25, -0.2) is 0 Å². The number of hydrogen-bond acceptors (Lipinski definition) is 2. The molecule has 0 heterocycles.